The van der Waals surface area contributed by atoms with Crippen LogP contribution < -0.4 is 5.32 Å². The Bertz CT molecular complexity index is 1310. The molecule has 7 nitrogen and oxygen atoms in total. The Morgan fingerprint density at radius 2 is 1.97 bits per heavy atom. The Hall–Kier alpha value is -3.27. The van der Waals surface area contributed by atoms with Crippen molar-refractivity contribution >= 4 is 28.0 Å². The number of nitrogens with one attached hydrogen (secondary N) is 1. The van der Waals surface area contributed by atoms with Gasteiger partial charge in [-0.1, -0.05) is 12.1 Å². The molecule has 1 saturated heterocycles. The number of aryl methyl sites for hydroxylation is 1. The van der Waals surface area contributed by atoms with Gasteiger partial charge in [-0.25, -0.2) is 14.2 Å². The highest BCUT2D eigenvalue weighted by Gasteiger charge is 2.18. The first-order valence-corrected chi connectivity index (χ1v) is 13.1. The number of hydrogen-bond acceptors (Lipinski definition) is 5. The van der Waals surface area contributed by atoms with Crippen molar-refractivity contribution in [2.75, 3.05) is 51.3 Å². The van der Waals surface area contributed by atoms with Crippen molar-refractivity contribution in [2.24, 2.45) is 0 Å². The van der Waals surface area contributed by atoms with Gasteiger partial charge >= 0.3 is 6.03 Å². The molecule has 0 radical (unpaired) electrons. The number of urea groups is 1. The molecule has 9 heteroatoms. The van der Waals surface area contributed by atoms with Gasteiger partial charge in [0, 0.05) is 67.7 Å². The zero-order chi connectivity index (χ0) is 24.9. The number of benzene rings is 2. The number of fused-ring (bicyclic) bond motifs is 1. The third kappa shape index (κ3) is 5.92. The smallest absolute Gasteiger partial charge is 0.321 e. The quantitative estimate of drug-likeness (QED) is 0.368. The van der Waals surface area contributed by atoms with E-state index in [1.54, 1.807) is 23.5 Å². The lowest BCUT2D eigenvalue weighted by molar-refractivity contribution is 0.0352. The summed E-state index contributed by atoms with van der Waals surface area (Å²) in [5, 5.41) is 5.16. The molecule has 2 aromatic heterocycles. The van der Waals surface area contributed by atoms with Crippen LogP contribution in [0.4, 0.5) is 14.9 Å². The van der Waals surface area contributed by atoms with Crippen LogP contribution >= 0.6 is 11.3 Å². The Balaban J connectivity index is 1.29. The normalized spacial score (nSPS) is 14.3. The van der Waals surface area contributed by atoms with Crippen LogP contribution in [0.2, 0.25) is 0 Å². The molecule has 0 atom stereocenters. The summed E-state index contributed by atoms with van der Waals surface area (Å²) in [5.74, 6) is -0.262. The first-order valence-electron chi connectivity index (χ1n) is 12.2. The molecule has 2 amide bonds. The van der Waals surface area contributed by atoms with Crippen molar-refractivity contribution in [1.29, 1.82) is 0 Å². The van der Waals surface area contributed by atoms with Gasteiger partial charge in [0.2, 0.25) is 0 Å². The van der Waals surface area contributed by atoms with Gasteiger partial charge in [0.15, 0.2) is 4.96 Å². The van der Waals surface area contributed by atoms with Gasteiger partial charge in [-0.3, -0.25) is 9.30 Å². The molecule has 1 aliphatic heterocycles. The second kappa shape index (κ2) is 11.2. The average molecular weight is 508 g/mol. The molecule has 36 heavy (non-hydrogen) atoms. The van der Waals surface area contributed by atoms with Crippen molar-refractivity contribution in [3.05, 3.63) is 77.2 Å². The van der Waals surface area contributed by atoms with Gasteiger partial charge in [0.1, 0.15) is 5.82 Å². The van der Waals surface area contributed by atoms with E-state index in [0.29, 0.717) is 19.5 Å². The minimum absolute atomic E-state index is 0.0991. The molecule has 0 spiro atoms. The number of hydrogen-bond donors (Lipinski definition) is 1. The summed E-state index contributed by atoms with van der Waals surface area (Å²) in [5.41, 5.74) is 4.68. The number of carbonyl (C=O) groups excluding carboxylic acids is 1. The Morgan fingerprint density at radius 3 is 2.75 bits per heavy atom. The van der Waals surface area contributed by atoms with E-state index in [-0.39, 0.29) is 11.8 Å². The third-order valence-corrected chi connectivity index (χ3v) is 7.30. The van der Waals surface area contributed by atoms with Crippen LogP contribution in [0.25, 0.3) is 16.2 Å². The molecule has 0 bridgehead atoms. The highest BCUT2D eigenvalue weighted by atomic mass is 32.1. The summed E-state index contributed by atoms with van der Waals surface area (Å²) >= 11 is 1.57. The summed E-state index contributed by atoms with van der Waals surface area (Å²) in [7, 11) is 0. The number of halogens is 1. The molecule has 1 N–H and O–H groups in total. The van der Waals surface area contributed by atoms with E-state index in [4.69, 9.17) is 9.72 Å². The van der Waals surface area contributed by atoms with Crippen LogP contribution in [0.15, 0.2) is 60.1 Å². The first-order chi connectivity index (χ1) is 17.5. The molecule has 1 fully saturated rings. The first kappa shape index (κ1) is 24.4. The van der Waals surface area contributed by atoms with Crippen LogP contribution in [0.5, 0.6) is 0 Å². The fourth-order valence-electron chi connectivity index (χ4n) is 4.35. The molecule has 2 aromatic carbocycles. The molecule has 0 aliphatic carbocycles. The van der Waals surface area contributed by atoms with Crippen LogP contribution in [0, 0.1) is 12.7 Å². The number of ether oxygens (including phenoxy) is 1. The second-order valence-electron chi connectivity index (χ2n) is 9.00. The summed E-state index contributed by atoms with van der Waals surface area (Å²) in [4.78, 5) is 23.1. The maximum absolute atomic E-state index is 13.3. The van der Waals surface area contributed by atoms with E-state index in [1.807, 2.05) is 42.3 Å². The van der Waals surface area contributed by atoms with Gasteiger partial charge in [0.25, 0.3) is 0 Å². The maximum Gasteiger partial charge on any atom is 0.321 e. The van der Waals surface area contributed by atoms with Crippen molar-refractivity contribution in [3.8, 4) is 11.3 Å². The van der Waals surface area contributed by atoms with Crippen molar-refractivity contribution in [3.63, 3.8) is 0 Å². The lowest BCUT2D eigenvalue weighted by atomic mass is 10.2. The Labute approximate surface area is 214 Å². The van der Waals surface area contributed by atoms with Crippen molar-refractivity contribution < 1.29 is 13.9 Å². The fraction of sp³-hybridized carbons (Fsp3) is 0.333. The molecule has 4 aromatic rings. The fourth-order valence-corrected chi connectivity index (χ4v) is 5.25. The van der Waals surface area contributed by atoms with Gasteiger partial charge < -0.3 is 15.0 Å². The van der Waals surface area contributed by atoms with E-state index in [1.165, 1.54) is 12.1 Å². The molecule has 0 unspecified atom stereocenters. The predicted octanol–water partition coefficient (Wildman–Crippen LogP) is 4.92. The summed E-state index contributed by atoms with van der Waals surface area (Å²) < 4.78 is 20.9. The lowest BCUT2D eigenvalue weighted by Gasteiger charge is -2.30. The predicted molar refractivity (Wildman–Crippen MR) is 141 cm³/mol. The van der Waals surface area contributed by atoms with Crippen LogP contribution in [0.3, 0.4) is 0 Å². The SMILES string of the molecule is Cc1cccc(NC(=O)N(CCc2csc3nc(-c4ccc(F)cc4)cn23)CCN2CCOCC2)c1. The van der Waals surface area contributed by atoms with Gasteiger partial charge in [-0.05, 0) is 48.9 Å². The molecule has 1 aliphatic rings. The lowest BCUT2D eigenvalue weighted by Crippen LogP contribution is -2.45. The molecule has 3 heterocycles. The standard InChI is InChI=1S/C27H30FN5O2S/c1-20-3-2-4-23(17-20)29-26(34)32(12-11-31-13-15-35-16-14-31)10-9-24-19-36-27-30-25(18-33(24)27)21-5-7-22(28)8-6-21/h2-8,17-19H,9-16H2,1H3,(H,29,34). The number of anilines is 1. The largest absolute Gasteiger partial charge is 0.379 e. The third-order valence-electron chi connectivity index (χ3n) is 6.41. The van der Waals surface area contributed by atoms with E-state index >= 15 is 0 Å². The van der Waals surface area contributed by atoms with E-state index < -0.39 is 0 Å². The summed E-state index contributed by atoms with van der Waals surface area (Å²) in [6.45, 7) is 7.29. The van der Waals surface area contributed by atoms with Gasteiger partial charge in [-0.15, -0.1) is 11.3 Å². The minimum Gasteiger partial charge on any atom is -0.379 e. The monoisotopic (exact) mass is 507 g/mol. The van der Waals surface area contributed by atoms with E-state index in [9.17, 15) is 9.18 Å². The van der Waals surface area contributed by atoms with Crippen molar-refractivity contribution in [2.45, 2.75) is 13.3 Å². The van der Waals surface area contributed by atoms with Gasteiger partial charge in [0.05, 0.1) is 18.9 Å². The van der Waals surface area contributed by atoms with Crippen LogP contribution in [0.1, 0.15) is 11.3 Å². The highest BCUT2D eigenvalue weighted by molar-refractivity contribution is 7.15. The van der Waals surface area contributed by atoms with E-state index in [0.717, 1.165) is 66.0 Å². The summed E-state index contributed by atoms with van der Waals surface area (Å²) in [6, 6.07) is 14.1. The van der Waals surface area contributed by atoms with Crippen LogP contribution in [-0.4, -0.2) is 71.2 Å². The Morgan fingerprint density at radius 1 is 1.17 bits per heavy atom. The molecular weight excluding hydrogens is 477 g/mol. The minimum atomic E-state index is -0.262. The maximum atomic E-state index is 13.3. The highest BCUT2D eigenvalue weighted by Crippen LogP contribution is 2.24. The number of aromatic nitrogens is 2. The van der Waals surface area contributed by atoms with Crippen molar-refractivity contribution in [1.82, 2.24) is 19.2 Å². The number of rotatable bonds is 8. The number of carbonyl (C=O) groups is 1. The topological polar surface area (TPSA) is 62.1 Å². The van der Waals surface area contributed by atoms with Crippen LogP contribution in [-0.2, 0) is 11.2 Å². The Kier molecular flexibility index (Phi) is 7.60. The summed E-state index contributed by atoms with van der Waals surface area (Å²) in [6.07, 6.45) is 2.68. The number of amides is 2. The molecule has 0 saturated carbocycles. The average Bonchev–Trinajstić information content (AvgIpc) is 3.47. The van der Waals surface area contributed by atoms with Gasteiger partial charge in [-0.2, -0.15) is 0 Å². The number of thiazole rings is 1. The molecular formula is C27H30FN5O2S. The number of nitrogens with zero attached hydrogens (tertiary/aromatic N) is 4. The zero-order valence-corrected chi connectivity index (χ0v) is 21.1. The molecule has 5 rings (SSSR count). The number of imidazole rings is 1. The zero-order valence-electron chi connectivity index (χ0n) is 20.3. The second-order valence-corrected chi connectivity index (χ2v) is 9.84. The van der Waals surface area contributed by atoms with E-state index in [2.05, 4.69) is 20.0 Å². The number of morpholine rings is 1. The molecule has 188 valence electrons.